The number of nitrogens with one attached hydrogen (secondary N) is 1. The maximum absolute atomic E-state index is 12.1. The summed E-state index contributed by atoms with van der Waals surface area (Å²) in [6.45, 7) is 4.80. The third-order valence-electron chi connectivity index (χ3n) is 4.98. The van der Waals surface area contributed by atoms with Crippen LogP contribution in [0.2, 0.25) is 0 Å². The molecule has 0 atom stereocenters. The van der Waals surface area contributed by atoms with Gasteiger partial charge in [0.05, 0.1) is 12.7 Å². The highest BCUT2D eigenvalue weighted by Gasteiger charge is 2.11. The fourth-order valence-electron chi connectivity index (χ4n) is 3.07. The lowest BCUT2D eigenvalue weighted by Gasteiger charge is -2.05. The van der Waals surface area contributed by atoms with Crippen LogP contribution in [0.25, 0.3) is 11.4 Å². The average molecular weight is 421 g/mol. The molecule has 3 rings (SSSR count). The van der Waals surface area contributed by atoms with Crippen LogP contribution in [0.5, 0.6) is 0 Å². The Kier molecular flexibility index (Phi) is 7.54. The van der Waals surface area contributed by atoms with Gasteiger partial charge in [-0.3, -0.25) is 4.79 Å². The Balaban J connectivity index is 1.42. The molecular formula is C24H27N3O4. The summed E-state index contributed by atoms with van der Waals surface area (Å²) in [7, 11) is 1.35. The number of hydrogen-bond donors (Lipinski definition) is 1. The fraction of sp³-hybridized carbons (Fsp3) is 0.333. The molecule has 0 saturated heterocycles. The van der Waals surface area contributed by atoms with E-state index in [9.17, 15) is 9.59 Å². The van der Waals surface area contributed by atoms with Gasteiger partial charge in [0, 0.05) is 24.9 Å². The first kappa shape index (κ1) is 22.2. The maximum Gasteiger partial charge on any atom is 0.337 e. The van der Waals surface area contributed by atoms with Crippen molar-refractivity contribution in [3.63, 3.8) is 0 Å². The molecule has 7 heteroatoms. The standard InChI is InChI=1S/C24H27N3O4/c1-16(2)18-8-10-19(11-9-18)23-26-22(31-27-23)13-12-21(28)25-15-14-17-4-6-20(7-5-17)24(29)30-3/h4-11,16H,12-15H2,1-3H3,(H,25,28). The van der Waals surface area contributed by atoms with Crippen molar-refractivity contribution >= 4 is 11.9 Å². The third kappa shape index (κ3) is 6.25. The molecule has 3 aromatic rings. The van der Waals surface area contributed by atoms with Crippen molar-refractivity contribution in [2.75, 3.05) is 13.7 Å². The lowest BCUT2D eigenvalue weighted by molar-refractivity contribution is -0.121. The van der Waals surface area contributed by atoms with Crippen LogP contribution in [-0.4, -0.2) is 35.7 Å². The summed E-state index contributed by atoms with van der Waals surface area (Å²) in [5.41, 5.74) is 3.67. The third-order valence-corrected chi connectivity index (χ3v) is 4.98. The molecule has 1 amide bonds. The van der Waals surface area contributed by atoms with Crippen LogP contribution in [0.3, 0.4) is 0 Å². The van der Waals surface area contributed by atoms with Crippen LogP contribution in [0.15, 0.2) is 53.1 Å². The molecule has 0 fully saturated rings. The minimum Gasteiger partial charge on any atom is -0.465 e. The second-order valence-electron chi connectivity index (χ2n) is 7.58. The number of methoxy groups -OCH3 is 1. The topological polar surface area (TPSA) is 94.3 Å². The fourth-order valence-corrected chi connectivity index (χ4v) is 3.07. The Hall–Kier alpha value is -3.48. The van der Waals surface area contributed by atoms with E-state index in [1.807, 2.05) is 24.3 Å². The molecule has 1 N–H and O–H groups in total. The molecule has 2 aromatic carbocycles. The van der Waals surface area contributed by atoms with E-state index in [1.54, 1.807) is 12.1 Å². The van der Waals surface area contributed by atoms with E-state index in [-0.39, 0.29) is 18.3 Å². The molecule has 0 aliphatic rings. The number of carbonyl (C=O) groups excluding carboxylic acids is 2. The minimum absolute atomic E-state index is 0.0767. The van der Waals surface area contributed by atoms with Gasteiger partial charge in [-0.2, -0.15) is 4.98 Å². The molecule has 162 valence electrons. The molecule has 0 bridgehead atoms. The lowest BCUT2D eigenvalue weighted by atomic mass is 10.0. The zero-order chi connectivity index (χ0) is 22.2. The quantitative estimate of drug-likeness (QED) is 0.526. The first-order valence-corrected chi connectivity index (χ1v) is 10.3. The molecule has 0 unspecified atom stereocenters. The lowest BCUT2D eigenvalue weighted by Crippen LogP contribution is -2.25. The zero-order valence-corrected chi connectivity index (χ0v) is 18.1. The van der Waals surface area contributed by atoms with Crippen molar-refractivity contribution in [3.05, 3.63) is 71.1 Å². The van der Waals surface area contributed by atoms with Crippen LogP contribution in [-0.2, 0) is 22.4 Å². The largest absolute Gasteiger partial charge is 0.465 e. The minimum atomic E-state index is -0.364. The molecule has 0 radical (unpaired) electrons. The van der Waals surface area contributed by atoms with Crippen molar-refractivity contribution in [1.29, 1.82) is 0 Å². The highest BCUT2D eigenvalue weighted by Crippen LogP contribution is 2.20. The van der Waals surface area contributed by atoms with Gasteiger partial charge in [-0.15, -0.1) is 0 Å². The molecule has 1 aromatic heterocycles. The molecular weight excluding hydrogens is 394 g/mol. The average Bonchev–Trinajstić information content (AvgIpc) is 3.27. The SMILES string of the molecule is COC(=O)c1ccc(CCNC(=O)CCc2nc(-c3ccc(C(C)C)cc3)no2)cc1. The van der Waals surface area contributed by atoms with Gasteiger partial charge in [-0.25, -0.2) is 4.79 Å². The number of aryl methyl sites for hydroxylation is 1. The van der Waals surface area contributed by atoms with Gasteiger partial charge in [-0.05, 0) is 35.6 Å². The van der Waals surface area contributed by atoms with Crippen molar-refractivity contribution in [2.24, 2.45) is 0 Å². The predicted molar refractivity (Wildman–Crippen MR) is 117 cm³/mol. The van der Waals surface area contributed by atoms with Gasteiger partial charge in [0.1, 0.15) is 0 Å². The zero-order valence-electron chi connectivity index (χ0n) is 18.1. The van der Waals surface area contributed by atoms with Crippen molar-refractivity contribution in [3.8, 4) is 11.4 Å². The highest BCUT2D eigenvalue weighted by molar-refractivity contribution is 5.89. The van der Waals surface area contributed by atoms with E-state index >= 15 is 0 Å². The van der Waals surface area contributed by atoms with Crippen LogP contribution in [0.4, 0.5) is 0 Å². The number of esters is 1. The van der Waals surface area contributed by atoms with Crippen LogP contribution in [0, 0.1) is 0 Å². The normalized spacial score (nSPS) is 10.8. The summed E-state index contributed by atoms with van der Waals surface area (Å²) < 4.78 is 9.96. The summed E-state index contributed by atoms with van der Waals surface area (Å²) >= 11 is 0. The summed E-state index contributed by atoms with van der Waals surface area (Å²) in [5.74, 6) is 0.994. The van der Waals surface area contributed by atoms with Gasteiger partial charge >= 0.3 is 5.97 Å². The van der Waals surface area contributed by atoms with E-state index in [4.69, 9.17) is 4.52 Å². The number of benzene rings is 2. The number of aromatic nitrogens is 2. The molecule has 0 aliphatic carbocycles. The molecule has 0 aliphatic heterocycles. The van der Waals surface area contributed by atoms with Crippen molar-refractivity contribution in [2.45, 2.75) is 39.0 Å². The van der Waals surface area contributed by atoms with Gasteiger partial charge in [-0.1, -0.05) is 55.4 Å². The van der Waals surface area contributed by atoms with E-state index in [0.29, 0.717) is 42.6 Å². The maximum atomic E-state index is 12.1. The Bertz CT molecular complexity index is 1010. The summed E-state index contributed by atoms with van der Waals surface area (Å²) in [6.07, 6.45) is 1.33. The molecule has 1 heterocycles. The molecule has 7 nitrogen and oxygen atoms in total. The number of nitrogens with zero attached hydrogens (tertiary/aromatic N) is 2. The monoisotopic (exact) mass is 421 g/mol. The van der Waals surface area contributed by atoms with E-state index < -0.39 is 0 Å². The summed E-state index contributed by atoms with van der Waals surface area (Å²) in [4.78, 5) is 27.9. The van der Waals surface area contributed by atoms with E-state index in [2.05, 4.69) is 46.2 Å². The number of amides is 1. The Morgan fingerprint density at radius 3 is 2.39 bits per heavy atom. The Morgan fingerprint density at radius 2 is 1.74 bits per heavy atom. The van der Waals surface area contributed by atoms with Crippen molar-refractivity contribution in [1.82, 2.24) is 15.5 Å². The number of rotatable bonds is 9. The summed E-state index contributed by atoms with van der Waals surface area (Å²) in [5, 5.41) is 6.90. The first-order valence-electron chi connectivity index (χ1n) is 10.3. The second-order valence-corrected chi connectivity index (χ2v) is 7.58. The van der Waals surface area contributed by atoms with Gasteiger partial charge in [0.25, 0.3) is 0 Å². The second kappa shape index (κ2) is 10.5. The van der Waals surface area contributed by atoms with Crippen LogP contribution < -0.4 is 5.32 Å². The van der Waals surface area contributed by atoms with Gasteiger partial charge < -0.3 is 14.6 Å². The molecule has 31 heavy (non-hydrogen) atoms. The Labute approximate surface area is 181 Å². The van der Waals surface area contributed by atoms with Crippen LogP contribution in [0.1, 0.15) is 53.6 Å². The molecule has 0 spiro atoms. The van der Waals surface area contributed by atoms with E-state index in [1.165, 1.54) is 12.7 Å². The van der Waals surface area contributed by atoms with E-state index in [0.717, 1.165) is 11.1 Å². The Morgan fingerprint density at radius 1 is 1.03 bits per heavy atom. The number of carbonyl (C=O) groups is 2. The highest BCUT2D eigenvalue weighted by atomic mass is 16.5. The smallest absolute Gasteiger partial charge is 0.337 e. The van der Waals surface area contributed by atoms with Crippen LogP contribution >= 0.6 is 0 Å². The predicted octanol–water partition coefficient (Wildman–Crippen LogP) is 3.94. The molecule has 0 saturated carbocycles. The van der Waals surface area contributed by atoms with Crippen molar-refractivity contribution < 1.29 is 18.8 Å². The number of hydrogen-bond acceptors (Lipinski definition) is 6. The van der Waals surface area contributed by atoms with Gasteiger partial charge in [0.2, 0.25) is 17.6 Å². The first-order chi connectivity index (χ1) is 15.0. The van der Waals surface area contributed by atoms with Gasteiger partial charge in [0.15, 0.2) is 0 Å². The number of ether oxygens (including phenoxy) is 1. The summed E-state index contributed by atoms with van der Waals surface area (Å²) in [6, 6.07) is 15.2.